The largest absolute Gasteiger partial charge is 0.481 e. The van der Waals surface area contributed by atoms with Crippen molar-refractivity contribution in [3.63, 3.8) is 0 Å². The Morgan fingerprint density at radius 1 is 0.840 bits per heavy atom. The van der Waals surface area contributed by atoms with Crippen molar-refractivity contribution in [3.05, 3.63) is 60.8 Å². The molecule has 0 amide bonds. The minimum atomic E-state index is -0.857. The molecule has 25 heavy (non-hydrogen) atoms. The maximum atomic E-state index is 10.3. The number of rotatable bonds is 13. The van der Waals surface area contributed by atoms with Gasteiger partial charge in [0.25, 0.3) is 0 Å². The highest BCUT2D eigenvalue weighted by Crippen LogP contribution is 2.02. The van der Waals surface area contributed by atoms with Gasteiger partial charge in [-0.25, -0.2) is 0 Å². The van der Waals surface area contributed by atoms with Gasteiger partial charge in [0.15, 0.2) is 0 Å². The molecule has 5 nitrogen and oxygen atoms in total. The monoisotopic (exact) mass is 350 g/mol. The predicted molar refractivity (Wildman–Crippen MR) is 100 cm³/mol. The summed E-state index contributed by atoms with van der Waals surface area (Å²) < 4.78 is 0. The first-order chi connectivity index (χ1) is 12.0. The van der Waals surface area contributed by atoms with Crippen LogP contribution in [0.5, 0.6) is 0 Å². The van der Waals surface area contributed by atoms with Crippen molar-refractivity contribution in [1.29, 1.82) is 0 Å². The van der Waals surface area contributed by atoms with Gasteiger partial charge in [-0.1, -0.05) is 67.7 Å². The predicted octanol–water partition coefficient (Wildman–Crippen LogP) is 2.91. The molecule has 0 aromatic heterocycles. The van der Waals surface area contributed by atoms with Gasteiger partial charge in [0, 0.05) is 6.42 Å². The van der Waals surface area contributed by atoms with E-state index >= 15 is 0 Å². The van der Waals surface area contributed by atoms with E-state index in [-0.39, 0.29) is 6.42 Å². The summed E-state index contributed by atoms with van der Waals surface area (Å²) in [5, 5.41) is 37.2. The van der Waals surface area contributed by atoms with E-state index < -0.39 is 24.3 Å². The normalized spacial score (nSPS) is 16.6. The second-order valence-electron chi connectivity index (χ2n) is 5.60. The van der Waals surface area contributed by atoms with E-state index in [1.54, 1.807) is 54.7 Å². The van der Waals surface area contributed by atoms with Crippen LogP contribution in [-0.4, -0.2) is 44.7 Å². The van der Waals surface area contributed by atoms with Gasteiger partial charge < -0.3 is 20.4 Å². The van der Waals surface area contributed by atoms with Gasteiger partial charge in [-0.05, 0) is 25.7 Å². The average Bonchev–Trinajstić information content (AvgIpc) is 2.57. The third-order valence-corrected chi connectivity index (χ3v) is 3.27. The Bertz CT molecular complexity index is 488. The zero-order valence-corrected chi connectivity index (χ0v) is 14.7. The minimum Gasteiger partial charge on any atom is -0.481 e. The molecule has 5 heteroatoms. The van der Waals surface area contributed by atoms with Crippen LogP contribution in [0.4, 0.5) is 0 Å². The fourth-order valence-corrected chi connectivity index (χ4v) is 1.78. The molecule has 0 rings (SSSR count). The SMILES string of the molecule is CC[C@@H](O)/C=C/C=C/C[C@@H](O)/C=C/C=C/C=C/[C@@H](O)CCCC(=O)O. The van der Waals surface area contributed by atoms with Crippen LogP contribution in [0.15, 0.2) is 60.8 Å². The standard InChI is InChI=1S/C20H30O5/c1-2-17(21)11-8-5-9-14-18(22)12-6-3-4-7-13-19(23)15-10-16-20(24)25/h3-9,11-13,17-19,21-23H,2,10,14-16H2,1H3,(H,24,25)/b4-3+,9-5+,11-8+,12-6+,13-7+/t17-,18+,19-/m1/s1. The van der Waals surface area contributed by atoms with E-state index in [1.165, 1.54) is 0 Å². The highest BCUT2D eigenvalue weighted by Gasteiger charge is 2.01. The molecule has 4 N–H and O–H groups in total. The van der Waals surface area contributed by atoms with Crippen molar-refractivity contribution in [3.8, 4) is 0 Å². The minimum absolute atomic E-state index is 0.0603. The molecule has 0 unspecified atom stereocenters. The highest BCUT2D eigenvalue weighted by molar-refractivity contribution is 5.66. The topological polar surface area (TPSA) is 98.0 Å². The molecule has 0 fully saturated rings. The van der Waals surface area contributed by atoms with Gasteiger partial charge in [0.05, 0.1) is 18.3 Å². The molecule has 0 aromatic rings. The average molecular weight is 350 g/mol. The zero-order chi connectivity index (χ0) is 18.9. The van der Waals surface area contributed by atoms with E-state index in [2.05, 4.69) is 0 Å². The van der Waals surface area contributed by atoms with E-state index in [0.717, 1.165) is 0 Å². The molecule has 0 radical (unpaired) electrons. The summed E-state index contributed by atoms with van der Waals surface area (Å²) in [6.45, 7) is 1.90. The Balaban J connectivity index is 3.95. The number of hydrogen-bond acceptors (Lipinski definition) is 4. The number of aliphatic hydroxyl groups excluding tert-OH is 3. The van der Waals surface area contributed by atoms with Crippen LogP contribution < -0.4 is 0 Å². The van der Waals surface area contributed by atoms with Gasteiger partial charge in [-0.2, -0.15) is 0 Å². The Kier molecular flexibility index (Phi) is 14.4. The van der Waals surface area contributed by atoms with E-state index in [0.29, 0.717) is 25.7 Å². The third kappa shape index (κ3) is 16.7. The number of carboxylic acids is 1. The Morgan fingerprint density at radius 3 is 2.00 bits per heavy atom. The van der Waals surface area contributed by atoms with Crippen molar-refractivity contribution >= 4 is 5.97 Å². The summed E-state index contributed by atoms with van der Waals surface area (Å²) >= 11 is 0. The van der Waals surface area contributed by atoms with Crippen LogP contribution in [0.1, 0.15) is 39.0 Å². The maximum Gasteiger partial charge on any atom is 0.303 e. The number of hydrogen-bond donors (Lipinski definition) is 4. The summed E-state index contributed by atoms with van der Waals surface area (Å²) in [6, 6.07) is 0. The molecule has 0 saturated heterocycles. The van der Waals surface area contributed by atoms with Crippen molar-refractivity contribution in [2.75, 3.05) is 0 Å². The zero-order valence-electron chi connectivity index (χ0n) is 14.7. The molecule has 0 bridgehead atoms. The summed E-state index contributed by atoms with van der Waals surface area (Å²) in [6.07, 6.45) is 17.6. The van der Waals surface area contributed by atoms with Crippen molar-refractivity contribution < 1.29 is 25.2 Å². The molecule has 0 aliphatic carbocycles. The van der Waals surface area contributed by atoms with Crippen LogP contribution in [0.2, 0.25) is 0 Å². The number of carbonyl (C=O) groups is 1. The van der Waals surface area contributed by atoms with Gasteiger partial charge in [-0.3, -0.25) is 4.79 Å². The molecular formula is C20H30O5. The summed E-state index contributed by atoms with van der Waals surface area (Å²) in [5.41, 5.74) is 0. The quantitative estimate of drug-likeness (QED) is 0.383. The Hall–Kier alpha value is -1.95. The molecule has 140 valence electrons. The first-order valence-electron chi connectivity index (χ1n) is 8.56. The molecule has 0 heterocycles. The lowest BCUT2D eigenvalue weighted by Crippen LogP contribution is -2.03. The van der Waals surface area contributed by atoms with Gasteiger partial charge in [-0.15, -0.1) is 0 Å². The number of aliphatic hydroxyl groups is 3. The van der Waals surface area contributed by atoms with E-state index in [4.69, 9.17) is 5.11 Å². The van der Waals surface area contributed by atoms with Crippen molar-refractivity contribution in [1.82, 2.24) is 0 Å². The summed E-state index contributed by atoms with van der Waals surface area (Å²) in [7, 11) is 0. The first-order valence-corrected chi connectivity index (χ1v) is 8.56. The number of allylic oxidation sites excluding steroid dienone is 6. The third-order valence-electron chi connectivity index (χ3n) is 3.27. The fourth-order valence-electron chi connectivity index (χ4n) is 1.78. The molecule has 0 aromatic carbocycles. The smallest absolute Gasteiger partial charge is 0.303 e. The maximum absolute atomic E-state index is 10.3. The molecule has 3 atom stereocenters. The van der Waals surface area contributed by atoms with Crippen LogP contribution in [0, 0.1) is 0 Å². The fraction of sp³-hybridized carbons (Fsp3) is 0.450. The van der Waals surface area contributed by atoms with E-state index in [9.17, 15) is 20.1 Å². The van der Waals surface area contributed by atoms with Crippen LogP contribution in [-0.2, 0) is 4.79 Å². The highest BCUT2D eigenvalue weighted by atomic mass is 16.4. The Morgan fingerprint density at radius 2 is 1.40 bits per heavy atom. The second kappa shape index (κ2) is 15.6. The molecular weight excluding hydrogens is 320 g/mol. The Labute approximate surface area is 150 Å². The number of carboxylic acid groups (broad SMARTS) is 1. The second-order valence-corrected chi connectivity index (χ2v) is 5.60. The van der Waals surface area contributed by atoms with Crippen LogP contribution >= 0.6 is 0 Å². The van der Waals surface area contributed by atoms with Gasteiger partial charge in [0.1, 0.15) is 0 Å². The lowest BCUT2D eigenvalue weighted by molar-refractivity contribution is -0.137. The van der Waals surface area contributed by atoms with Gasteiger partial charge >= 0.3 is 5.97 Å². The first kappa shape index (κ1) is 23.1. The lowest BCUT2D eigenvalue weighted by Gasteiger charge is -2.02. The molecule has 0 aliphatic heterocycles. The van der Waals surface area contributed by atoms with Crippen LogP contribution in [0.25, 0.3) is 0 Å². The van der Waals surface area contributed by atoms with E-state index in [1.807, 2.05) is 13.0 Å². The van der Waals surface area contributed by atoms with Crippen molar-refractivity contribution in [2.24, 2.45) is 0 Å². The van der Waals surface area contributed by atoms with Crippen LogP contribution in [0.3, 0.4) is 0 Å². The lowest BCUT2D eigenvalue weighted by atomic mass is 10.1. The van der Waals surface area contributed by atoms with Gasteiger partial charge in [0.2, 0.25) is 0 Å². The number of aliphatic carboxylic acids is 1. The molecule has 0 spiro atoms. The summed E-state index contributed by atoms with van der Waals surface area (Å²) in [5.74, 6) is -0.857. The molecule has 0 saturated carbocycles. The summed E-state index contributed by atoms with van der Waals surface area (Å²) in [4.78, 5) is 10.3. The molecule has 0 aliphatic rings. The van der Waals surface area contributed by atoms with Crippen molar-refractivity contribution in [2.45, 2.75) is 57.3 Å².